The van der Waals surface area contributed by atoms with E-state index in [1.807, 2.05) is 45.0 Å². The summed E-state index contributed by atoms with van der Waals surface area (Å²) < 4.78 is 5.76. The van der Waals surface area contributed by atoms with E-state index in [4.69, 9.17) is 4.74 Å². The van der Waals surface area contributed by atoms with Crippen molar-refractivity contribution >= 4 is 11.6 Å². The normalized spacial score (nSPS) is 21.1. The first-order valence-corrected chi connectivity index (χ1v) is 7.37. The van der Waals surface area contributed by atoms with Gasteiger partial charge in [-0.25, -0.2) is 0 Å². The van der Waals surface area contributed by atoms with Gasteiger partial charge in [-0.3, -0.25) is 4.79 Å². The van der Waals surface area contributed by atoms with E-state index >= 15 is 0 Å². The smallest absolute Gasteiger partial charge is 0.256 e. The number of carbonyl (C=O) groups is 1. The zero-order chi connectivity index (χ0) is 15.5. The molecule has 5 heteroatoms. The Hall–Kier alpha value is -1.59. The van der Waals surface area contributed by atoms with Crippen molar-refractivity contribution in [3.63, 3.8) is 0 Å². The van der Waals surface area contributed by atoms with Gasteiger partial charge < -0.3 is 20.1 Å². The Labute approximate surface area is 125 Å². The molecule has 1 amide bonds. The zero-order valence-electron chi connectivity index (χ0n) is 12.9. The van der Waals surface area contributed by atoms with Crippen LogP contribution in [0, 0.1) is 0 Å². The molecule has 21 heavy (non-hydrogen) atoms. The predicted molar refractivity (Wildman–Crippen MR) is 82.5 cm³/mol. The number of aliphatic hydroxyl groups is 1. The Kier molecular flexibility index (Phi) is 4.85. The number of aliphatic hydroxyl groups excluding tert-OH is 1. The van der Waals surface area contributed by atoms with E-state index in [9.17, 15) is 9.90 Å². The monoisotopic (exact) mass is 292 g/mol. The second kappa shape index (κ2) is 6.45. The molecule has 0 bridgehead atoms. The van der Waals surface area contributed by atoms with E-state index in [-0.39, 0.29) is 18.6 Å². The number of carbonyl (C=O) groups excluding carboxylic acids is 1. The Morgan fingerprint density at radius 1 is 1.48 bits per heavy atom. The first kappa shape index (κ1) is 15.8. The fourth-order valence-corrected chi connectivity index (χ4v) is 2.73. The highest BCUT2D eigenvalue weighted by molar-refractivity contribution is 5.99. The van der Waals surface area contributed by atoms with Crippen molar-refractivity contribution < 1.29 is 14.6 Å². The fraction of sp³-hybridized carbons (Fsp3) is 0.562. The van der Waals surface area contributed by atoms with E-state index in [2.05, 4.69) is 5.32 Å². The Morgan fingerprint density at radius 3 is 2.86 bits per heavy atom. The van der Waals surface area contributed by atoms with Crippen LogP contribution in [0.1, 0.15) is 31.1 Å². The van der Waals surface area contributed by atoms with Crippen molar-refractivity contribution in [1.29, 1.82) is 0 Å². The fourth-order valence-electron chi connectivity index (χ4n) is 2.73. The van der Waals surface area contributed by atoms with Crippen molar-refractivity contribution in [3.8, 4) is 0 Å². The number of nitrogens with zero attached hydrogens (tertiary/aromatic N) is 1. The minimum absolute atomic E-state index is 0.0265. The van der Waals surface area contributed by atoms with Crippen LogP contribution >= 0.6 is 0 Å². The SMILES string of the molecule is CCNc1ccccc1C(=O)N1CC(CO)OC(C)(C)C1. The van der Waals surface area contributed by atoms with Gasteiger partial charge in [0.1, 0.15) is 0 Å². The van der Waals surface area contributed by atoms with Crippen LogP contribution in [0.4, 0.5) is 5.69 Å². The number of anilines is 1. The van der Waals surface area contributed by atoms with Crippen molar-refractivity contribution in [2.24, 2.45) is 0 Å². The third-order valence-electron chi connectivity index (χ3n) is 3.50. The number of rotatable bonds is 4. The van der Waals surface area contributed by atoms with Crippen LogP contribution in [-0.2, 0) is 4.74 Å². The molecule has 116 valence electrons. The number of amides is 1. The molecular formula is C16H24N2O3. The number of nitrogens with one attached hydrogen (secondary N) is 1. The Morgan fingerprint density at radius 2 is 2.19 bits per heavy atom. The first-order valence-electron chi connectivity index (χ1n) is 7.37. The second-order valence-corrected chi connectivity index (χ2v) is 5.94. The Balaban J connectivity index is 2.23. The Bertz CT molecular complexity index is 502. The van der Waals surface area contributed by atoms with Crippen LogP contribution in [-0.4, -0.2) is 53.9 Å². The summed E-state index contributed by atoms with van der Waals surface area (Å²) in [6.45, 7) is 7.49. The maximum atomic E-state index is 12.8. The van der Waals surface area contributed by atoms with Crippen molar-refractivity contribution in [1.82, 2.24) is 4.90 Å². The standard InChI is InChI=1S/C16H24N2O3/c1-4-17-14-8-6-5-7-13(14)15(20)18-9-12(10-19)21-16(2,3)11-18/h5-8,12,17,19H,4,9-11H2,1-3H3. The van der Waals surface area contributed by atoms with Gasteiger partial charge in [-0.05, 0) is 32.9 Å². The largest absolute Gasteiger partial charge is 0.394 e. The molecule has 0 saturated carbocycles. The molecule has 1 unspecified atom stereocenters. The lowest BCUT2D eigenvalue weighted by atomic mass is 10.0. The predicted octanol–water partition coefficient (Wildman–Crippen LogP) is 1.73. The van der Waals surface area contributed by atoms with Crippen LogP contribution in [0.3, 0.4) is 0 Å². The lowest BCUT2D eigenvalue weighted by Crippen LogP contribution is -2.55. The summed E-state index contributed by atoms with van der Waals surface area (Å²) in [5.74, 6) is -0.0265. The quantitative estimate of drug-likeness (QED) is 0.887. The second-order valence-electron chi connectivity index (χ2n) is 5.94. The molecule has 0 radical (unpaired) electrons. The molecular weight excluding hydrogens is 268 g/mol. The minimum atomic E-state index is -0.450. The lowest BCUT2D eigenvalue weighted by molar-refractivity contribution is -0.139. The van der Waals surface area contributed by atoms with Gasteiger partial charge in [0.15, 0.2) is 0 Å². The molecule has 0 aliphatic carbocycles. The molecule has 1 aromatic carbocycles. The molecule has 0 spiro atoms. The molecule has 1 aliphatic heterocycles. The average Bonchev–Trinajstić information content (AvgIpc) is 2.45. The van der Waals surface area contributed by atoms with Gasteiger partial charge in [-0.15, -0.1) is 0 Å². The summed E-state index contributed by atoms with van der Waals surface area (Å²) in [6, 6.07) is 7.51. The van der Waals surface area contributed by atoms with E-state index in [1.165, 1.54) is 0 Å². The molecule has 0 aromatic heterocycles. The summed E-state index contributed by atoms with van der Waals surface area (Å²) in [4.78, 5) is 14.6. The van der Waals surface area contributed by atoms with E-state index in [0.717, 1.165) is 12.2 Å². The molecule has 1 aliphatic rings. The van der Waals surface area contributed by atoms with Gasteiger partial charge in [-0.2, -0.15) is 0 Å². The van der Waals surface area contributed by atoms with Crippen molar-refractivity contribution in [2.75, 3.05) is 31.6 Å². The van der Waals surface area contributed by atoms with E-state index in [1.54, 1.807) is 4.90 Å². The number of hydrogen-bond acceptors (Lipinski definition) is 4. The van der Waals surface area contributed by atoms with Gasteiger partial charge in [0.25, 0.3) is 5.91 Å². The molecule has 2 rings (SSSR count). The number of benzene rings is 1. The highest BCUT2D eigenvalue weighted by atomic mass is 16.5. The molecule has 1 heterocycles. The number of morpholine rings is 1. The van der Waals surface area contributed by atoms with Gasteiger partial charge in [-0.1, -0.05) is 12.1 Å². The highest BCUT2D eigenvalue weighted by Crippen LogP contribution is 2.24. The topological polar surface area (TPSA) is 61.8 Å². The van der Waals surface area contributed by atoms with Gasteiger partial charge >= 0.3 is 0 Å². The summed E-state index contributed by atoms with van der Waals surface area (Å²) in [7, 11) is 0. The molecule has 2 N–H and O–H groups in total. The minimum Gasteiger partial charge on any atom is -0.394 e. The summed E-state index contributed by atoms with van der Waals surface area (Å²) >= 11 is 0. The van der Waals surface area contributed by atoms with Crippen molar-refractivity contribution in [2.45, 2.75) is 32.5 Å². The van der Waals surface area contributed by atoms with Crippen molar-refractivity contribution in [3.05, 3.63) is 29.8 Å². The van der Waals surface area contributed by atoms with Crippen LogP contribution in [0.25, 0.3) is 0 Å². The van der Waals surface area contributed by atoms with E-state index in [0.29, 0.717) is 18.7 Å². The number of hydrogen-bond donors (Lipinski definition) is 2. The van der Waals surface area contributed by atoms with E-state index < -0.39 is 5.60 Å². The van der Waals surface area contributed by atoms with Gasteiger partial charge in [0.2, 0.25) is 0 Å². The summed E-state index contributed by atoms with van der Waals surface area (Å²) in [6.07, 6.45) is -0.330. The maximum Gasteiger partial charge on any atom is 0.256 e. The number of para-hydroxylation sites is 1. The van der Waals surface area contributed by atoms with Crippen LogP contribution < -0.4 is 5.32 Å². The maximum absolute atomic E-state index is 12.8. The van der Waals surface area contributed by atoms with Crippen LogP contribution in [0.5, 0.6) is 0 Å². The molecule has 1 saturated heterocycles. The first-order chi connectivity index (χ1) is 9.96. The van der Waals surface area contributed by atoms with Crippen LogP contribution in [0.15, 0.2) is 24.3 Å². The third-order valence-corrected chi connectivity index (χ3v) is 3.50. The lowest BCUT2D eigenvalue weighted by Gasteiger charge is -2.42. The third kappa shape index (κ3) is 3.74. The highest BCUT2D eigenvalue weighted by Gasteiger charge is 2.36. The molecule has 1 atom stereocenters. The number of ether oxygens (including phenoxy) is 1. The molecule has 1 fully saturated rings. The average molecular weight is 292 g/mol. The summed E-state index contributed by atoms with van der Waals surface area (Å²) in [5, 5.41) is 12.6. The zero-order valence-corrected chi connectivity index (χ0v) is 12.9. The van der Waals surface area contributed by atoms with Gasteiger partial charge in [0, 0.05) is 25.3 Å². The summed E-state index contributed by atoms with van der Waals surface area (Å²) in [5.41, 5.74) is 1.05. The van der Waals surface area contributed by atoms with Crippen LogP contribution in [0.2, 0.25) is 0 Å². The molecule has 5 nitrogen and oxygen atoms in total. The molecule has 1 aromatic rings. The van der Waals surface area contributed by atoms with Gasteiger partial charge in [0.05, 0.1) is 23.9 Å².